The fourth-order valence-corrected chi connectivity index (χ4v) is 3.00. The van der Waals surface area contributed by atoms with Crippen molar-refractivity contribution in [2.45, 2.75) is 24.9 Å². The maximum absolute atomic E-state index is 13.3. The summed E-state index contributed by atoms with van der Waals surface area (Å²) in [7, 11) is 0. The van der Waals surface area contributed by atoms with E-state index in [0.29, 0.717) is 12.4 Å². The second-order valence-corrected chi connectivity index (χ2v) is 6.73. The van der Waals surface area contributed by atoms with Crippen LogP contribution in [0.25, 0.3) is 0 Å². The summed E-state index contributed by atoms with van der Waals surface area (Å²) in [5.74, 6) is -0.419. The molecular formula is C19H19F3N2O3S. The zero-order chi connectivity index (χ0) is 20.7. The van der Waals surface area contributed by atoms with Crippen molar-refractivity contribution in [1.29, 1.82) is 0 Å². The van der Waals surface area contributed by atoms with Crippen LogP contribution in [0.4, 0.5) is 24.5 Å². The third kappa shape index (κ3) is 6.49. The van der Waals surface area contributed by atoms with Gasteiger partial charge in [0.1, 0.15) is 5.75 Å². The van der Waals surface area contributed by atoms with E-state index in [0.717, 1.165) is 17.0 Å². The minimum Gasteiger partial charge on any atom is -0.494 e. The number of anilines is 2. The fraction of sp³-hybridized carbons (Fsp3) is 0.263. The van der Waals surface area contributed by atoms with Crippen molar-refractivity contribution in [3.8, 4) is 5.75 Å². The summed E-state index contributed by atoms with van der Waals surface area (Å²) in [4.78, 5) is 23.9. The number of hydrogen-bond acceptors (Lipinski definition) is 4. The van der Waals surface area contributed by atoms with Crippen molar-refractivity contribution in [1.82, 2.24) is 0 Å². The van der Waals surface area contributed by atoms with E-state index in [1.165, 1.54) is 24.8 Å². The monoisotopic (exact) mass is 412 g/mol. The van der Waals surface area contributed by atoms with Gasteiger partial charge in [0.2, 0.25) is 11.8 Å². The highest BCUT2D eigenvalue weighted by atomic mass is 32.2. The molecule has 0 spiro atoms. The second-order valence-electron chi connectivity index (χ2n) is 5.68. The smallest absolute Gasteiger partial charge is 0.418 e. The van der Waals surface area contributed by atoms with Gasteiger partial charge in [0, 0.05) is 17.5 Å². The van der Waals surface area contributed by atoms with Gasteiger partial charge in [-0.05, 0) is 49.4 Å². The molecule has 0 aliphatic carbocycles. The maximum Gasteiger partial charge on any atom is 0.418 e. The largest absolute Gasteiger partial charge is 0.494 e. The second kappa shape index (κ2) is 9.50. The van der Waals surface area contributed by atoms with Crippen LogP contribution in [0.5, 0.6) is 5.75 Å². The normalized spacial score (nSPS) is 11.0. The number of ether oxygens (including phenoxy) is 1. The molecule has 0 saturated heterocycles. The van der Waals surface area contributed by atoms with Crippen LogP contribution in [0, 0.1) is 0 Å². The maximum atomic E-state index is 13.3. The molecule has 0 heterocycles. The van der Waals surface area contributed by atoms with E-state index in [2.05, 4.69) is 10.6 Å². The van der Waals surface area contributed by atoms with E-state index < -0.39 is 23.6 Å². The lowest BCUT2D eigenvalue weighted by atomic mass is 10.1. The first-order chi connectivity index (χ1) is 13.2. The Labute approximate surface area is 164 Å². The Kier molecular flexibility index (Phi) is 7.33. The van der Waals surface area contributed by atoms with Crippen LogP contribution < -0.4 is 15.4 Å². The first-order valence-electron chi connectivity index (χ1n) is 8.33. The van der Waals surface area contributed by atoms with E-state index in [1.54, 1.807) is 24.3 Å². The molecule has 5 nitrogen and oxygen atoms in total. The SMILES string of the molecule is CCOc1ccc(SCC(=O)Nc2ccc(NC(C)=O)cc2C(F)(F)F)cc1. The topological polar surface area (TPSA) is 67.4 Å². The molecule has 0 aliphatic heterocycles. The summed E-state index contributed by atoms with van der Waals surface area (Å²) in [6.07, 6.45) is -4.68. The molecule has 2 N–H and O–H groups in total. The van der Waals surface area contributed by atoms with Crippen molar-refractivity contribution >= 4 is 35.0 Å². The predicted octanol–water partition coefficient (Wildman–Crippen LogP) is 4.79. The number of rotatable bonds is 7. The number of benzene rings is 2. The molecule has 2 aromatic carbocycles. The van der Waals surface area contributed by atoms with Gasteiger partial charge in [-0.1, -0.05) is 0 Å². The molecule has 0 aliphatic rings. The van der Waals surface area contributed by atoms with Crippen LogP contribution in [-0.4, -0.2) is 24.2 Å². The van der Waals surface area contributed by atoms with E-state index >= 15 is 0 Å². The standard InChI is InChI=1S/C19H19F3N2O3S/c1-3-27-14-5-7-15(8-6-14)28-11-18(26)24-17-9-4-13(23-12(2)25)10-16(17)19(20,21)22/h4-10H,3,11H2,1-2H3,(H,23,25)(H,24,26). The zero-order valence-electron chi connectivity index (χ0n) is 15.2. The molecule has 2 amide bonds. The Morgan fingerprint density at radius 1 is 1.07 bits per heavy atom. The molecule has 2 aromatic rings. The van der Waals surface area contributed by atoms with E-state index in [4.69, 9.17) is 4.74 Å². The molecule has 0 aromatic heterocycles. The Morgan fingerprint density at radius 2 is 1.75 bits per heavy atom. The predicted molar refractivity (Wildman–Crippen MR) is 103 cm³/mol. The molecule has 2 rings (SSSR count). The summed E-state index contributed by atoms with van der Waals surface area (Å²) in [6.45, 7) is 3.60. The third-order valence-corrected chi connectivity index (χ3v) is 4.44. The minimum absolute atomic E-state index is 0.00147. The number of halogens is 3. The Morgan fingerprint density at radius 3 is 2.32 bits per heavy atom. The Bertz CT molecular complexity index is 839. The number of hydrogen-bond donors (Lipinski definition) is 2. The summed E-state index contributed by atoms with van der Waals surface area (Å²) in [5.41, 5.74) is -1.39. The highest BCUT2D eigenvalue weighted by Crippen LogP contribution is 2.36. The number of amides is 2. The Hall–Kier alpha value is -2.68. The van der Waals surface area contributed by atoms with Crippen molar-refractivity contribution in [3.63, 3.8) is 0 Å². The van der Waals surface area contributed by atoms with Gasteiger partial charge in [0.05, 0.1) is 23.6 Å². The van der Waals surface area contributed by atoms with Crippen LogP contribution in [0.15, 0.2) is 47.4 Å². The quantitative estimate of drug-likeness (QED) is 0.642. The van der Waals surface area contributed by atoms with Crippen LogP contribution in [0.2, 0.25) is 0 Å². The average molecular weight is 412 g/mol. The highest BCUT2D eigenvalue weighted by Gasteiger charge is 2.34. The van der Waals surface area contributed by atoms with Gasteiger partial charge < -0.3 is 15.4 Å². The van der Waals surface area contributed by atoms with Crippen LogP contribution >= 0.6 is 11.8 Å². The van der Waals surface area contributed by atoms with Gasteiger partial charge in [-0.25, -0.2) is 0 Å². The van der Waals surface area contributed by atoms with Crippen molar-refractivity contribution in [2.75, 3.05) is 23.0 Å². The molecule has 0 fully saturated rings. The molecule has 150 valence electrons. The summed E-state index contributed by atoms with van der Waals surface area (Å²) in [5, 5.41) is 4.57. The van der Waals surface area contributed by atoms with E-state index in [-0.39, 0.29) is 17.1 Å². The highest BCUT2D eigenvalue weighted by molar-refractivity contribution is 8.00. The van der Waals surface area contributed by atoms with Crippen LogP contribution in [0.3, 0.4) is 0 Å². The lowest BCUT2D eigenvalue weighted by Gasteiger charge is -2.15. The van der Waals surface area contributed by atoms with Gasteiger partial charge in [-0.2, -0.15) is 13.2 Å². The van der Waals surface area contributed by atoms with Gasteiger partial charge >= 0.3 is 6.18 Å². The molecule has 28 heavy (non-hydrogen) atoms. The zero-order valence-corrected chi connectivity index (χ0v) is 16.0. The summed E-state index contributed by atoms with van der Waals surface area (Å²) >= 11 is 1.19. The average Bonchev–Trinajstić information content (AvgIpc) is 2.61. The first kappa shape index (κ1) is 21.6. The van der Waals surface area contributed by atoms with Crippen molar-refractivity contribution in [3.05, 3.63) is 48.0 Å². The minimum atomic E-state index is -4.68. The number of carbonyl (C=O) groups excluding carboxylic acids is 2. The lowest BCUT2D eigenvalue weighted by molar-refractivity contribution is -0.137. The molecule has 0 unspecified atom stereocenters. The number of thioether (sulfide) groups is 1. The lowest BCUT2D eigenvalue weighted by Crippen LogP contribution is -2.18. The summed E-state index contributed by atoms with van der Waals surface area (Å²) in [6, 6.07) is 10.3. The summed E-state index contributed by atoms with van der Waals surface area (Å²) < 4.78 is 45.2. The van der Waals surface area contributed by atoms with Gasteiger partial charge in [0.15, 0.2) is 0 Å². The van der Waals surface area contributed by atoms with Crippen molar-refractivity contribution < 1.29 is 27.5 Å². The van der Waals surface area contributed by atoms with Crippen LogP contribution in [-0.2, 0) is 15.8 Å². The Balaban J connectivity index is 2.05. The van der Waals surface area contributed by atoms with Crippen LogP contribution in [0.1, 0.15) is 19.4 Å². The third-order valence-electron chi connectivity index (χ3n) is 3.42. The molecular weight excluding hydrogens is 393 g/mol. The van der Waals surface area contributed by atoms with Gasteiger partial charge in [-0.3, -0.25) is 9.59 Å². The number of nitrogens with one attached hydrogen (secondary N) is 2. The molecule has 0 atom stereocenters. The molecule has 0 bridgehead atoms. The number of alkyl halides is 3. The molecule has 0 radical (unpaired) electrons. The molecule has 9 heteroatoms. The van der Waals surface area contributed by atoms with E-state index in [1.807, 2.05) is 6.92 Å². The van der Waals surface area contributed by atoms with Gasteiger partial charge in [0.25, 0.3) is 0 Å². The molecule has 0 saturated carbocycles. The first-order valence-corrected chi connectivity index (χ1v) is 9.32. The van der Waals surface area contributed by atoms with E-state index in [9.17, 15) is 22.8 Å². The van der Waals surface area contributed by atoms with Gasteiger partial charge in [-0.15, -0.1) is 11.8 Å². The van der Waals surface area contributed by atoms with Crippen molar-refractivity contribution in [2.24, 2.45) is 0 Å². The number of carbonyl (C=O) groups is 2. The fourth-order valence-electron chi connectivity index (χ4n) is 2.30.